The fourth-order valence-electron chi connectivity index (χ4n) is 3.38. The van der Waals surface area contributed by atoms with Crippen molar-refractivity contribution >= 4 is 17.8 Å². The topological polar surface area (TPSA) is 63.7 Å². The minimum atomic E-state index is -0.252. The van der Waals surface area contributed by atoms with E-state index in [9.17, 15) is 14.4 Å². The number of amides is 2. The Morgan fingerprint density at radius 1 is 1.05 bits per heavy atom. The molecule has 0 aromatic heterocycles. The minimum Gasteiger partial charge on any atom is -0.458 e. The molecule has 0 spiro atoms. The van der Waals surface area contributed by atoms with Crippen LogP contribution in [0.25, 0.3) is 0 Å². The van der Waals surface area contributed by atoms with Gasteiger partial charge in [0.1, 0.15) is 6.10 Å². The number of carbonyl (C=O) groups excluding carboxylic acids is 3. The number of benzene rings is 1. The second-order valence-corrected chi connectivity index (χ2v) is 5.64. The maximum absolute atomic E-state index is 12.3. The molecule has 1 saturated heterocycles. The predicted octanol–water partition coefficient (Wildman–Crippen LogP) is 1.40. The standard InChI is InChI=1S/C16H13NO4/c18-14-7-12-9(5-6-13(12)21-14)8-17-15(19)10-3-1-2-4-11(10)16(17)20/h1-6,9,12-13H,7-8H2/t9-,12+,13-/m0/s1. The van der Waals surface area contributed by atoms with Gasteiger partial charge in [0.05, 0.1) is 17.5 Å². The fraction of sp³-hybridized carbons (Fsp3) is 0.312. The van der Waals surface area contributed by atoms with Crippen molar-refractivity contribution in [3.8, 4) is 0 Å². The molecule has 1 aromatic carbocycles. The van der Waals surface area contributed by atoms with Crippen molar-refractivity contribution in [3.05, 3.63) is 47.5 Å². The lowest BCUT2D eigenvalue weighted by Crippen LogP contribution is -2.36. The van der Waals surface area contributed by atoms with E-state index in [4.69, 9.17) is 4.74 Å². The summed E-state index contributed by atoms with van der Waals surface area (Å²) >= 11 is 0. The smallest absolute Gasteiger partial charge is 0.306 e. The first-order valence-corrected chi connectivity index (χ1v) is 6.98. The summed E-state index contributed by atoms with van der Waals surface area (Å²) in [5, 5.41) is 0. The molecule has 3 atom stereocenters. The highest BCUT2D eigenvalue weighted by Crippen LogP contribution is 2.37. The Hall–Kier alpha value is -2.43. The highest BCUT2D eigenvalue weighted by atomic mass is 16.5. The number of carbonyl (C=O) groups is 3. The van der Waals surface area contributed by atoms with E-state index in [1.54, 1.807) is 24.3 Å². The molecule has 2 amide bonds. The maximum Gasteiger partial charge on any atom is 0.306 e. The molecule has 5 heteroatoms. The van der Waals surface area contributed by atoms with Crippen molar-refractivity contribution in [2.45, 2.75) is 12.5 Å². The highest BCUT2D eigenvalue weighted by molar-refractivity contribution is 6.21. The zero-order valence-electron chi connectivity index (χ0n) is 11.2. The summed E-state index contributed by atoms with van der Waals surface area (Å²) in [6, 6.07) is 6.85. The molecular weight excluding hydrogens is 270 g/mol. The molecule has 1 fully saturated rings. The molecule has 2 aliphatic heterocycles. The van der Waals surface area contributed by atoms with Crippen molar-refractivity contribution in [2.24, 2.45) is 11.8 Å². The third kappa shape index (κ3) is 1.73. The van der Waals surface area contributed by atoms with E-state index >= 15 is 0 Å². The number of rotatable bonds is 2. The van der Waals surface area contributed by atoms with E-state index in [1.165, 1.54) is 4.90 Å². The van der Waals surface area contributed by atoms with Crippen LogP contribution in [0.1, 0.15) is 27.1 Å². The monoisotopic (exact) mass is 283 g/mol. The Morgan fingerprint density at radius 3 is 2.38 bits per heavy atom. The third-order valence-electron chi connectivity index (χ3n) is 4.46. The van der Waals surface area contributed by atoms with Gasteiger partial charge < -0.3 is 4.74 Å². The van der Waals surface area contributed by atoms with Crippen LogP contribution in [-0.2, 0) is 9.53 Å². The Morgan fingerprint density at radius 2 is 1.71 bits per heavy atom. The molecule has 4 rings (SSSR count). The molecule has 21 heavy (non-hydrogen) atoms. The lowest BCUT2D eigenvalue weighted by atomic mass is 9.92. The number of hydrogen-bond acceptors (Lipinski definition) is 4. The van der Waals surface area contributed by atoms with Crippen LogP contribution in [0.3, 0.4) is 0 Å². The van der Waals surface area contributed by atoms with E-state index in [2.05, 4.69) is 0 Å². The predicted molar refractivity (Wildman–Crippen MR) is 72.4 cm³/mol. The first-order chi connectivity index (χ1) is 10.1. The van der Waals surface area contributed by atoms with E-state index in [0.717, 1.165) is 0 Å². The molecule has 3 aliphatic rings. The number of ether oxygens (including phenoxy) is 1. The summed E-state index contributed by atoms with van der Waals surface area (Å²) in [6.07, 6.45) is 3.97. The van der Waals surface area contributed by atoms with Gasteiger partial charge >= 0.3 is 5.97 Å². The highest BCUT2D eigenvalue weighted by Gasteiger charge is 2.44. The lowest BCUT2D eigenvalue weighted by molar-refractivity contribution is -0.140. The van der Waals surface area contributed by atoms with Crippen LogP contribution in [0.15, 0.2) is 36.4 Å². The Bertz CT molecular complexity index is 658. The number of esters is 1. The summed E-state index contributed by atoms with van der Waals surface area (Å²) in [5.74, 6) is -0.678. The van der Waals surface area contributed by atoms with Gasteiger partial charge in [0.25, 0.3) is 11.8 Å². The van der Waals surface area contributed by atoms with E-state index < -0.39 is 0 Å². The minimum absolute atomic E-state index is 0.0105. The second-order valence-electron chi connectivity index (χ2n) is 5.64. The first-order valence-electron chi connectivity index (χ1n) is 6.98. The summed E-state index contributed by atoms with van der Waals surface area (Å²) in [6.45, 7) is 0.306. The summed E-state index contributed by atoms with van der Waals surface area (Å²) in [5.41, 5.74) is 0.916. The van der Waals surface area contributed by atoms with Gasteiger partial charge in [-0.15, -0.1) is 0 Å². The van der Waals surface area contributed by atoms with E-state index in [-0.39, 0.29) is 35.7 Å². The molecule has 2 heterocycles. The zero-order chi connectivity index (χ0) is 14.6. The van der Waals surface area contributed by atoms with Crippen molar-refractivity contribution < 1.29 is 19.1 Å². The molecule has 0 N–H and O–H groups in total. The number of fused-ring (bicyclic) bond motifs is 2. The average Bonchev–Trinajstić information content (AvgIpc) is 3.09. The van der Waals surface area contributed by atoms with Gasteiger partial charge in [-0.25, -0.2) is 0 Å². The number of nitrogens with zero attached hydrogens (tertiary/aromatic N) is 1. The molecule has 0 unspecified atom stereocenters. The van der Waals surface area contributed by atoms with Gasteiger partial charge in [-0.2, -0.15) is 0 Å². The van der Waals surface area contributed by atoms with Crippen LogP contribution in [0, 0.1) is 11.8 Å². The maximum atomic E-state index is 12.3. The first kappa shape index (κ1) is 12.3. The molecule has 106 valence electrons. The summed E-state index contributed by atoms with van der Waals surface area (Å²) in [7, 11) is 0. The normalized spacial score (nSPS) is 29.8. The van der Waals surface area contributed by atoms with Crippen LogP contribution in [-0.4, -0.2) is 35.3 Å². The van der Waals surface area contributed by atoms with Crippen LogP contribution >= 0.6 is 0 Å². The van der Waals surface area contributed by atoms with Crippen molar-refractivity contribution in [1.82, 2.24) is 4.90 Å². The zero-order valence-corrected chi connectivity index (χ0v) is 11.2. The van der Waals surface area contributed by atoms with Crippen LogP contribution in [0.2, 0.25) is 0 Å². The molecule has 0 radical (unpaired) electrons. The van der Waals surface area contributed by atoms with Crippen molar-refractivity contribution in [2.75, 3.05) is 6.54 Å². The van der Waals surface area contributed by atoms with Crippen molar-refractivity contribution in [1.29, 1.82) is 0 Å². The van der Waals surface area contributed by atoms with Crippen molar-refractivity contribution in [3.63, 3.8) is 0 Å². The van der Waals surface area contributed by atoms with Crippen LogP contribution < -0.4 is 0 Å². The Labute approximate surface area is 121 Å². The Kier molecular flexibility index (Phi) is 2.51. The summed E-state index contributed by atoms with van der Waals surface area (Å²) < 4.78 is 5.18. The number of hydrogen-bond donors (Lipinski definition) is 0. The lowest BCUT2D eigenvalue weighted by Gasteiger charge is -2.21. The molecular formula is C16H13NO4. The van der Waals surface area contributed by atoms with Gasteiger partial charge in [0.15, 0.2) is 0 Å². The van der Waals surface area contributed by atoms with E-state index in [1.807, 2.05) is 12.2 Å². The van der Waals surface area contributed by atoms with Gasteiger partial charge in [0, 0.05) is 18.4 Å². The van der Waals surface area contributed by atoms with Crippen LogP contribution in [0.4, 0.5) is 0 Å². The summed E-state index contributed by atoms with van der Waals surface area (Å²) in [4.78, 5) is 37.3. The Balaban J connectivity index is 1.57. The second kappa shape index (κ2) is 4.28. The average molecular weight is 283 g/mol. The largest absolute Gasteiger partial charge is 0.458 e. The molecule has 5 nitrogen and oxygen atoms in total. The molecule has 0 bridgehead atoms. The van der Waals surface area contributed by atoms with Gasteiger partial charge in [-0.1, -0.05) is 18.2 Å². The van der Waals surface area contributed by atoms with Gasteiger partial charge in [-0.3, -0.25) is 19.3 Å². The van der Waals surface area contributed by atoms with Gasteiger partial charge in [-0.05, 0) is 18.2 Å². The quantitative estimate of drug-likeness (QED) is 0.467. The van der Waals surface area contributed by atoms with Gasteiger partial charge in [0.2, 0.25) is 0 Å². The number of imide groups is 1. The van der Waals surface area contributed by atoms with Crippen LogP contribution in [0.5, 0.6) is 0 Å². The molecule has 1 aromatic rings. The van der Waals surface area contributed by atoms with E-state index in [0.29, 0.717) is 24.1 Å². The molecule has 1 aliphatic carbocycles. The molecule has 0 saturated carbocycles. The fourth-order valence-corrected chi connectivity index (χ4v) is 3.38. The SMILES string of the molecule is O=C1C[C@H]2[C@H](C=C[C@H]2CN2C(=O)c3ccccc3C2=O)O1. The third-order valence-corrected chi connectivity index (χ3v) is 4.46.